The van der Waals surface area contributed by atoms with E-state index >= 15 is 0 Å². The fourth-order valence-corrected chi connectivity index (χ4v) is 3.61. The molecule has 20 heavy (non-hydrogen) atoms. The van der Waals surface area contributed by atoms with Crippen LogP contribution >= 0.6 is 0 Å². The van der Waals surface area contributed by atoms with Crippen LogP contribution in [0.25, 0.3) is 0 Å². The highest BCUT2D eigenvalue weighted by Crippen LogP contribution is 2.47. The predicted molar refractivity (Wildman–Crippen MR) is 77.7 cm³/mol. The van der Waals surface area contributed by atoms with E-state index in [0.717, 1.165) is 38.4 Å². The lowest BCUT2D eigenvalue weighted by molar-refractivity contribution is -0.160. The molecule has 5 nitrogen and oxygen atoms in total. The molecule has 0 radical (unpaired) electrons. The first kappa shape index (κ1) is 17.1. The summed E-state index contributed by atoms with van der Waals surface area (Å²) in [6.07, 6.45) is 7.57. The Hall–Kier alpha value is -0.940. The molecule has 0 aromatic carbocycles. The monoisotopic (exact) mass is 284 g/mol. The van der Waals surface area contributed by atoms with Crippen LogP contribution in [0.15, 0.2) is 0 Å². The minimum absolute atomic E-state index is 0.147. The molecule has 116 valence electrons. The van der Waals surface area contributed by atoms with Crippen molar-refractivity contribution in [2.24, 2.45) is 22.8 Å². The quantitative estimate of drug-likeness (QED) is 0.422. The average Bonchev–Trinajstić information content (AvgIpc) is 2.45. The molecule has 0 amide bonds. The second-order valence-electron chi connectivity index (χ2n) is 6.04. The maximum Gasteiger partial charge on any atom is 0.328 e. The summed E-state index contributed by atoms with van der Waals surface area (Å²) in [5, 5.41) is 0. The molecule has 0 aliphatic heterocycles. The van der Waals surface area contributed by atoms with Gasteiger partial charge in [0, 0.05) is 0 Å². The standard InChI is InChI=1S/C15H28N2O3/c1-3-9-15(10-18,12-7-5-4-6-8-12)14(2,17)13(19)20-11-16/h10,12H,3-9,11,16-17H2,1-2H3. The minimum atomic E-state index is -1.33. The molecular weight excluding hydrogens is 256 g/mol. The Balaban J connectivity index is 3.13. The number of hydrogen-bond acceptors (Lipinski definition) is 5. The molecule has 0 aromatic rings. The van der Waals surface area contributed by atoms with Crippen LogP contribution in [0.4, 0.5) is 0 Å². The first-order valence-corrected chi connectivity index (χ1v) is 7.58. The molecule has 2 unspecified atom stereocenters. The van der Waals surface area contributed by atoms with Crippen LogP contribution in [-0.4, -0.2) is 24.5 Å². The van der Waals surface area contributed by atoms with E-state index in [-0.39, 0.29) is 12.6 Å². The number of rotatable bonds is 7. The van der Waals surface area contributed by atoms with Gasteiger partial charge in [0.15, 0.2) is 0 Å². The van der Waals surface area contributed by atoms with Gasteiger partial charge in [-0.05, 0) is 32.1 Å². The van der Waals surface area contributed by atoms with Crippen LogP contribution in [0.2, 0.25) is 0 Å². The van der Waals surface area contributed by atoms with Crippen molar-refractivity contribution < 1.29 is 14.3 Å². The highest BCUT2D eigenvalue weighted by molar-refractivity contribution is 5.86. The summed E-state index contributed by atoms with van der Waals surface area (Å²) in [4.78, 5) is 24.2. The first-order chi connectivity index (χ1) is 9.46. The molecule has 0 saturated heterocycles. The van der Waals surface area contributed by atoms with Gasteiger partial charge in [0.25, 0.3) is 0 Å². The van der Waals surface area contributed by atoms with E-state index in [0.29, 0.717) is 6.42 Å². The number of ether oxygens (including phenoxy) is 1. The third-order valence-electron chi connectivity index (χ3n) is 4.81. The van der Waals surface area contributed by atoms with E-state index in [4.69, 9.17) is 16.2 Å². The summed E-state index contributed by atoms with van der Waals surface area (Å²) in [7, 11) is 0. The zero-order valence-electron chi connectivity index (χ0n) is 12.7. The van der Waals surface area contributed by atoms with Crippen molar-refractivity contribution in [1.82, 2.24) is 0 Å². The topological polar surface area (TPSA) is 95.4 Å². The molecule has 0 spiro atoms. The maximum absolute atomic E-state index is 12.2. The van der Waals surface area contributed by atoms with Crippen molar-refractivity contribution in [3.63, 3.8) is 0 Å². The molecular formula is C15H28N2O3. The van der Waals surface area contributed by atoms with Gasteiger partial charge in [0.2, 0.25) is 0 Å². The second kappa shape index (κ2) is 7.18. The van der Waals surface area contributed by atoms with Crippen molar-refractivity contribution in [2.75, 3.05) is 6.73 Å². The van der Waals surface area contributed by atoms with E-state index in [1.165, 1.54) is 6.42 Å². The molecule has 0 heterocycles. The lowest BCUT2D eigenvalue weighted by atomic mass is 9.58. The summed E-state index contributed by atoms with van der Waals surface area (Å²) < 4.78 is 4.91. The number of nitrogens with two attached hydrogens (primary N) is 2. The fourth-order valence-electron chi connectivity index (χ4n) is 3.61. The molecule has 1 fully saturated rings. The Kier molecular flexibility index (Phi) is 6.14. The third-order valence-corrected chi connectivity index (χ3v) is 4.81. The van der Waals surface area contributed by atoms with Crippen molar-refractivity contribution in [2.45, 2.75) is 64.3 Å². The summed E-state index contributed by atoms with van der Waals surface area (Å²) in [5.74, 6) is -0.430. The van der Waals surface area contributed by atoms with E-state index in [9.17, 15) is 9.59 Å². The van der Waals surface area contributed by atoms with Gasteiger partial charge >= 0.3 is 5.97 Å². The smallest absolute Gasteiger partial charge is 0.328 e. The van der Waals surface area contributed by atoms with Gasteiger partial charge in [-0.1, -0.05) is 32.6 Å². The number of carbonyl (C=O) groups excluding carboxylic acids is 2. The summed E-state index contributed by atoms with van der Waals surface area (Å²) in [6.45, 7) is 3.41. The van der Waals surface area contributed by atoms with Crippen LogP contribution in [0, 0.1) is 11.3 Å². The molecule has 2 atom stereocenters. The Morgan fingerprint density at radius 1 is 1.35 bits per heavy atom. The summed E-state index contributed by atoms with van der Waals surface area (Å²) in [6, 6.07) is 0. The van der Waals surface area contributed by atoms with Gasteiger partial charge in [0.05, 0.1) is 5.41 Å². The van der Waals surface area contributed by atoms with E-state index < -0.39 is 16.9 Å². The largest absolute Gasteiger partial charge is 0.449 e. The first-order valence-electron chi connectivity index (χ1n) is 7.58. The molecule has 1 aliphatic rings. The van der Waals surface area contributed by atoms with E-state index in [2.05, 4.69) is 0 Å². The fraction of sp³-hybridized carbons (Fsp3) is 0.867. The predicted octanol–water partition coefficient (Wildman–Crippen LogP) is 1.73. The van der Waals surface area contributed by atoms with Gasteiger partial charge in [-0.3, -0.25) is 5.73 Å². The molecule has 0 bridgehead atoms. The van der Waals surface area contributed by atoms with Crippen molar-refractivity contribution in [1.29, 1.82) is 0 Å². The van der Waals surface area contributed by atoms with Gasteiger partial charge in [-0.25, -0.2) is 4.79 Å². The Bertz CT molecular complexity index is 338. The van der Waals surface area contributed by atoms with Crippen LogP contribution in [0.3, 0.4) is 0 Å². The Morgan fingerprint density at radius 3 is 2.40 bits per heavy atom. The average molecular weight is 284 g/mol. The van der Waals surface area contributed by atoms with Crippen molar-refractivity contribution >= 4 is 12.3 Å². The SMILES string of the molecule is CCCC(C=O)(C1CCCCC1)C(C)(N)C(=O)OCN. The van der Waals surface area contributed by atoms with Gasteiger partial charge in [-0.15, -0.1) is 0 Å². The van der Waals surface area contributed by atoms with Crippen LogP contribution in [0.1, 0.15) is 58.8 Å². The number of esters is 1. The van der Waals surface area contributed by atoms with E-state index in [1.54, 1.807) is 6.92 Å². The lowest BCUT2D eigenvalue weighted by Gasteiger charge is -2.47. The molecule has 0 aromatic heterocycles. The normalized spacial score (nSPS) is 22.6. The second-order valence-corrected chi connectivity index (χ2v) is 6.04. The minimum Gasteiger partial charge on any atom is -0.449 e. The molecule has 5 heteroatoms. The highest BCUT2D eigenvalue weighted by Gasteiger charge is 2.55. The Morgan fingerprint density at radius 2 is 1.95 bits per heavy atom. The number of aldehydes is 1. The van der Waals surface area contributed by atoms with Crippen LogP contribution < -0.4 is 11.5 Å². The van der Waals surface area contributed by atoms with Crippen LogP contribution in [-0.2, 0) is 14.3 Å². The molecule has 1 aliphatic carbocycles. The van der Waals surface area contributed by atoms with Crippen LogP contribution in [0.5, 0.6) is 0 Å². The zero-order valence-corrected chi connectivity index (χ0v) is 12.7. The van der Waals surface area contributed by atoms with Gasteiger partial charge in [-0.2, -0.15) is 0 Å². The summed E-state index contributed by atoms with van der Waals surface area (Å²) >= 11 is 0. The van der Waals surface area contributed by atoms with E-state index in [1.807, 2.05) is 6.92 Å². The van der Waals surface area contributed by atoms with Crippen molar-refractivity contribution in [3.8, 4) is 0 Å². The summed E-state index contributed by atoms with van der Waals surface area (Å²) in [5.41, 5.74) is 9.39. The zero-order chi connectivity index (χ0) is 15.2. The molecule has 1 rings (SSSR count). The van der Waals surface area contributed by atoms with Gasteiger partial charge < -0.3 is 15.3 Å². The lowest BCUT2D eigenvalue weighted by Crippen LogP contribution is -2.63. The maximum atomic E-state index is 12.2. The third kappa shape index (κ3) is 3.04. The highest BCUT2D eigenvalue weighted by atomic mass is 16.5. The number of carbonyl (C=O) groups is 2. The molecule has 4 N–H and O–H groups in total. The molecule has 1 saturated carbocycles. The van der Waals surface area contributed by atoms with Gasteiger partial charge in [0.1, 0.15) is 18.6 Å². The number of hydrogen-bond donors (Lipinski definition) is 2. The van der Waals surface area contributed by atoms with Crippen molar-refractivity contribution in [3.05, 3.63) is 0 Å². The Labute approximate surface area is 121 Å².